The Bertz CT molecular complexity index is 281. The van der Waals surface area contributed by atoms with Crippen LogP contribution in [-0.4, -0.2) is 22.3 Å². The fourth-order valence-electron chi connectivity index (χ4n) is 0.613. The first-order chi connectivity index (χ1) is 5.22. The Kier molecular flexibility index (Phi) is 2.32. The second-order valence-corrected chi connectivity index (χ2v) is 2.76. The third kappa shape index (κ3) is 2.12. The van der Waals surface area contributed by atoms with Crippen LogP contribution in [-0.2, 0) is 11.2 Å². The minimum atomic E-state index is -0.937. The molecule has 0 saturated heterocycles. The van der Waals surface area contributed by atoms with E-state index in [0.29, 0.717) is 17.0 Å². The molecule has 11 heavy (non-hydrogen) atoms. The number of hydrogen-bond donors (Lipinski definition) is 1. The lowest BCUT2D eigenvalue weighted by molar-refractivity contribution is -0.136. The van der Waals surface area contributed by atoms with Crippen LogP contribution in [0.4, 0.5) is 0 Å². The van der Waals surface area contributed by atoms with E-state index in [1.807, 2.05) is 0 Å². The highest BCUT2D eigenvalue weighted by Crippen LogP contribution is 2.07. The highest BCUT2D eigenvalue weighted by atomic mass is 32.1. The molecule has 0 amide bonds. The van der Waals surface area contributed by atoms with Gasteiger partial charge in [0.25, 0.3) is 0 Å². The molecule has 1 aromatic heterocycles. The normalized spacial score (nSPS) is 9.45. The summed E-state index contributed by atoms with van der Waals surface area (Å²) in [5.74, 6) is -0.937. The first kappa shape index (κ1) is 7.87. The molecule has 5 heteroatoms. The third-order valence-corrected chi connectivity index (χ3v) is 1.82. The number of carboxylic acids is 1. The summed E-state index contributed by atoms with van der Waals surface area (Å²) in [4.78, 5) is 24.0. The summed E-state index contributed by atoms with van der Waals surface area (Å²) in [7, 11) is 0. The lowest BCUT2D eigenvalue weighted by atomic mass is 10.3. The van der Waals surface area contributed by atoms with Crippen LogP contribution in [0.2, 0.25) is 0 Å². The zero-order valence-electron chi connectivity index (χ0n) is 5.48. The Hall–Kier alpha value is -1.23. The van der Waals surface area contributed by atoms with Gasteiger partial charge in [0.05, 0.1) is 12.1 Å². The number of thiazole rings is 1. The number of rotatable bonds is 3. The summed E-state index contributed by atoms with van der Waals surface area (Å²) >= 11 is 1.15. The molecule has 0 aliphatic heterocycles. The van der Waals surface area contributed by atoms with Gasteiger partial charge in [0.15, 0.2) is 11.3 Å². The van der Waals surface area contributed by atoms with E-state index in [-0.39, 0.29) is 6.42 Å². The maximum Gasteiger partial charge on any atom is 0.309 e. The lowest BCUT2D eigenvalue weighted by Gasteiger charge is -1.85. The van der Waals surface area contributed by atoms with E-state index in [9.17, 15) is 9.59 Å². The fraction of sp³-hybridized carbons (Fsp3) is 0.167. The Morgan fingerprint density at radius 2 is 2.55 bits per heavy atom. The van der Waals surface area contributed by atoms with Gasteiger partial charge < -0.3 is 5.11 Å². The van der Waals surface area contributed by atoms with Crippen molar-refractivity contribution in [3.63, 3.8) is 0 Å². The third-order valence-electron chi connectivity index (χ3n) is 1.00. The smallest absolute Gasteiger partial charge is 0.309 e. The maximum atomic E-state index is 10.1. The van der Waals surface area contributed by atoms with Crippen LogP contribution >= 0.6 is 11.3 Å². The van der Waals surface area contributed by atoms with Gasteiger partial charge in [-0.3, -0.25) is 9.59 Å². The van der Waals surface area contributed by atoms with Crippen molar-refractivity contribution in [2.75, 3.05) is 0 Å². The minimum Gasteiger partial charge on any atom is -0.481 e. The van der Waals surface area contributed by atoms with Crippen LogP contribution in [0, 0.1) is 0 Å². The monoisotopic (exact) mass is 171 g/mol. The van der Waals surface area contributed by atoms with Gasteiger partial charge in [0.1, 0.15) is 0 Å². The van der Waals surface area contributed by atoms with Crippen LogP contribution < -0.4 is 0 Å². The van der Waals surface area contributed by atoms with Crippen LogP contribution in [0.15, 0.2) is 5.38 Å². The Morgan fingerprint density at radius 1 is 1.82 bits per heavy atom. The van der Waals surface area contributed by atoms with Crippen LogP contribution in [0.5, 0.6) is 0 Å². The summed E-state index contributed by atoms with van der Waals surface area (Å²) in [6, 6.07) is 0. The van der Waals surface area contributed by atoms with Crippen molar-refractivity contribution in [1.29, 1.82) is 0 Å². The SMILES string of the molecule is O=Cc1nc(CC(=O)O)cs1. The van der Waals surface area contributed by atoms with Crippen molar-refractivity contribution >= 4 is 23.6 Å². The van der Waals surface area contributed by atoms with E-state index in [0.717, 1.165) is 11.3 Å². The van der Waals surface area contributed by atoms with Gasteiger partial charge in [-0.1, -0.05) is 0 Å². The Labute approximate surface area is 66.5 Å². The number of carboxylic acid groups (broad SMARTS) is 1. The van der Waals surface area contributed by atoms with Crippen molar-refractivity contribution in [3.05, 3.63) is 16.1 Å². The summed E-state index contributed by atoms with van der Waals surface area (Å²) < 4.78 is 0. The molecule has 1 rings (SSSR count). The summed E-state index contributed by atoms with van der Waals surface area (Å²) in [6.45, 7) is 0. The molecular formula is C6H5NO3S. The van der Waals surface area contributed by atoms with Crippen molar-refractivity contribution in [1.82, 2.24) is 4.98 Å². The highest BCUT2D eigenvalue weighted by molar-refractivity contribution is 7.11. The molecule has 0 bridgehead atoms. The maximum absolute atomic E-state index is 10.1. The zero-order chi connectivity index (χ0) is 8.27. The molecule has 0 radical (unpaired) electrons. The fourth-order valence-corrected chi connectivity index (χ4v) is 1.23. The van der Waals surface area contributed by atoms with E-state index in [1.165, 1.54) is 0 Å². The van der Waals surface area contributed by atoms with E-state index >= 15 is 0 Å². The average Bonchev–Trinajstić information content (AvgIpc) is 2.34. The van der Waals surface area contributed by atoms with Crippen molar-refractivity contribution in [2.45, 2.75) is 6.42 Å². The molecule has 1 aromatic rings. The molecule has 0 aromatic carbocycles. The molecule has 0 aliphatic rings. The van der Waals surface area contributed by atoms with E-state index in [2.05, 4.69) is 4.98 Å². The summed E-state index contributed by atoms with van der Waals surface area (Å²) in [6.07, 6.45) is 0.486. The number of carbonyl (C=O) groups excluding carboxylic acids is 1. The summed E-state index contributed by atoms with van der Waals surface area (Å²) in [5.41, 5.74) is 0.435. The van der Waals surface area contributed by atoms with Gasteiger partial charge in [0.2, 0.25) is 0 Å². The molecule has 0 saturated carbocycles. The Balaban J connectivity index is 2.72. The first-order valence-electron chi connectivity index (χ1n) is 2.83. The lowest BCUT2D eigenvalue weighted by Crippen LogP contribution is -2.00. The van der Waals surface area contributed by atoms with Crippen molar-refractivity contribution in [3.8, 4) is 0 Å². The molecule has 0 atom stereocenters. The zero-order valence-corrected chi connectivity index (χ0v) is 6.30. The molecule has 0 fully saturated rings. The standard InChI is InChI=1S/C6H5NO3S/c8-2-5-7-4(3-11-5)1-6(9)10/h2-3H,1H2,(H,9,10). The van der Waals surface area contributed by atoms with Crippen molar-refractivity contribution < 1.29 is 14.7 Å². The minimum absolute atomic E-state index is 0.121. The second-order valence-electron chi connectivity index (χ2n) is 1.87. The molecule has 1 N–H and O–H groups in total. The van der Waals surface area contributed by atoms with Gasteiger partial charge in [-0.05, 0) is 0 Å². The van der Waals surface area contributed by atoms with Gasteiger partial charge >= 0.3 is 5.97 Å². The van der Waals surface area contributed by atoms with Crippen LogP contribution in [0.25, 0.3) is 0 Å². The van der Waals surface area contributed by atoms with Gasteiger partial charge in [0, 0.05) is 5.38 Å². The van der Waals surface area contributed by atoms with Gasteiger partial charge in [-0.25, -0.2) is 4.98 Å². The average molecular weight is 171 g/mol. The van der Waals surface area contributed by atoms with E-state index < -0.39 is 5.97 Å². The predicted octanol–water partition coefficient (Wildman–Crippen LogP) is 0.583. The van der Waals surface area contributed by atoms with Crippen LogP contribution in [0.3, 0.4) is 0 Å². The molecule has 0 aliphatic carbocycles. The van der Waals surface area contributed by atoms with Gasteiger partial charge in [-0.15, -0.1) is 11.3 Å². The number of aldehydes is 1. The number of carbonyl (C=O) groups is 2. The molecule has 58 valence electrons. The number of aliphatic carboxylic acids is 1. The van der Waals surface area contributed by atoms with Gasteiger partial charge in [-0.2, -0.15) is 0 Å². The molecule has 0 spiro atoms. The molecule has 4 nitrogen and oxygen atoms in total. The predicted molar refractivity (Wildman–Crippen MR) is 38.8 cm³/mol. The van der Waals surface area contributed by atoms with Crippen LogP contribution in [0.1, 0.15) is 15.5 Å². The van der Waals surface area contributed by atoms with E-state index in [1.54, 1.807) is 5.38 Å². The quantitative estimate of drug-likeness (QED) is 0.675. The number of hydrogen-bond acceptors (Lipinski definition) is 4. The summed E-state index contributed by atoms with van der Waals surface area (Å²) in [5, 5.41) is 10.2. The highest BCUT2D eigenvalue weighted by Gasteiger charge is 2.04. The number of aromatic nitrogens is 1. The second kappa shape index (κ2) is 3.25. The molecule has 0 unspecified atom stereocenters. The van der Waals surface area contributed by atoms with Crippen molar-refractivity contribution in [2.24, 2.45) is 0 Å². The topological polar surface area (TPSA) is 67.3 Å². The number of nitrogens with zero attached hydrogens (tertiary/aromatic N) is 1. The van der Waals surface area contributed by atoms with E-state index in [4.69, 9.17) is 5.11 Å². The largest absolute Gasteiger partial charge is 0.481 e. The Morgan fingerprint density at radius 3 is 3.00 bits per heavy atom. The molecular weight excluding hydrogens is 166 g/mol. The molecule has 1 heterocycles. The first-order valence-corrected chi connectivity index (χ1v) is 3.71.